The highest BCUT2D eigenvalue weighted by Crippen LogP contribution is 2.21. The first-order valence-corrected chi connectivity index (χ1v) is 13.0. The summed E-state index contributed by atoms with van der Waals surface area (Å²) in [5.41, 5.74) is 4.56. The molecule has 1 amide bonds. The van der Waals surface area contributed by atoms with Gasteiger partial charge >= 0.3 is 12.1 Å². The largest absolute Gasteiger partial charge is 0.465 e. The van der Waals surface area contributed by atoms with Crippen molar-refractivity contribution in [2.24, 2.45) is 0 Å². The molecule has 10 heteroatoms. The van der Waals surface area contributed by atoms with Crippen LogP contribution in [0.15, 0.2) is 60.9 Å². The highest BCUT2D eigenvalue weighted by molar-refractivity contribution is 5.72. The molecule has 0 atom stereocenters. The van der Waals surface area contributed by atoms with Crippen LogP contribution in [0.1, 0.15) is 31.9 Å². The smallest absolute Gasteiger partial charge is 0.407 e. The Morgan fingerprint density at radius 1 is 0.897 bits per heavy atom. The number of carboxylic acid groups (broad SMARTS) is 1. The van der Waals surface area contributed by atoms with Gasteiger partial charge in [0.15, 0.2) is 0 Å². The molecule has 206 valence electrons. The Morgan fingerprint density at radius 3 is 2.10 bits per heavy atom. The van der Waals surface area contributed by atoms with Crippen LogP contribution in [-0.4, -0.2) is 75.3 Å². The number of amides is 1. The molecule has 2 aromatic carbocycles. The van der Waals surface area contributed by atoms with Crippen molar-refractivity contribution in [3.05, 3.63) is 72.1 Å². The molecule has 0 aliphatic carbocycles. The molecule has 0 unspecified atom stereocenters. The molecule has 1 saturated heterocycles. The number of piperazine rings is 1. The highest BCUT2D eigenvalue weighted by Gasteiger charge is 2.20. The first-order valence-electron chi connectivity index (χ1n) is 13.0. The third kappa shape index (κ3) is 8.76. The number of carbonyl (C=O) groups is 2. The normalized spacial score (nSPS) is 14.2. The SMILES string of the molecule is CC(C)(C)OC(=O)CNCc1ccc(-c2cnc(Nc3ccc(CN4CCN(C(=O)O)CC4)cc3)nc2)cc1. The zero-order chi connectivity index (χ0) is 27.8. The molecule has 0 saturated carbocycles. The van der Waals surface area contributed by atoms with E-state index in [1.807, 2.05) is 57.2 Å². The fourth-order valence-electron chi connectivity index (χ4n) is 4.22. The summed E-state index contributed by atoms with van der Waals surface area (Å²) in [5.74, 6) is 0.244. The second-order valence-electron chi connectivity index (χ2n) is 10.5. The van der Waals surface area contributed by atoms with Crippen molar-refractivity contribution >= 4 is 23.7 Å². The van der Waals surface area contributed by atoms with Gasteiger partial charge in [0.25, 0.3) is 0 Å². The molecule has 1 aliphatic heterocycles. The van der Waals surface area contributed by atoms with E-state index in [2.05, 4.69) is 37.6 Å². The van der Waals surface area contributed by atoms with Crippen LogP contribution in [0.3, 0.4) is 0 Å². The van der Waals surface area contributed by atoms with Crippen molar-refractivity contribution in [3.8, 4) is 11.1 Å². The Hall–Kier alpha value is -4.02. The summed E-state index contributed by atoms with van der Waals surface area (Å²) in [4.78, 5) is 35.5. The van der Waals surface area contributed by atoms with Crippen molar-refractivity contribution in [3.63, 3.8) is 0 Å². The Balaban J connectivity index is 1.24. The Bertz CT molecular complexity index is 1230. The monoisotopic (exact) mass is 532 g/mol. The van der Waals surface area contributed by atoms with Crippen LogP contribution in [0.2, 0.25) is 0 Å². The zero-order valence-electron chi connectivity index (χ0n) is 22.7. The lowest BCUT2D eigenvalue weighted by atomic mass is 10.1. The Kier molecular flexibility index (Phi) is 9.11. The van der Waals surface area contributed by atoms with Gasteiger partial charge in [-0.15, -0.1) is 0 Å². The van der Waals surface area contributed by atoms with Crippen molar-refractivity contribution in [1.82, 2.24) is 25.1 Å². The number of anilines is 2. The van der Waals surface area contributed by atoms with Crippen LogP contribution in [0, 0.1) is 0 Å². The van der Waals surface area contributed by atoms with Gasteiger partial charge in [0, 0.05) is 62.9 Å². The van der Waals surface area contributed by atoms with Crippen LogP contribution in [-0.2, 0) is 22.6 Å². The van der Waals surface area contributed by atoms with Crippen LogP contribution >= 0.6 is 0 Å². The van der Waals surface area contributed by atoms with Gasteiger partial charge in [0.2, 0.25) is 5.95 Å². The van der Waals surface area contributed by atoms with Crippen LogP contribution in [0.5, 0.6) is 0 Å². The molecule has 2 heterocycles. The molecule has 39 heavy (non-hydrogen) atoms. The zero-order valence-corrected chi connectivity index (χ0v) is 22.7. The van der Waals surface area contributed by atoms with E-state index in [0.29, 0.717) is 25.6 Å². The first kappa shape index (κ1) is 28.0. The molecule has 3 N–H and O–H groups in total. The van der Waals surface area contributed by atoms with Gasteiger partial charge < -0.3 is 25.4 Å². The number of carbonyl (C=O) groups excluding carboxylic acids is 1. The number of esters is 1. The topological polar surface area (TPSA) is 120 Å². The number of ether oxygens (including phenoxy) is 1. The third-order valence-corrected chi connectivity index (χ3v) is 6.22. The molecular formula is C29H36N6O4. The maximum Gasteiger partial charge on any atom is 0.407 e. The number of nitrogens with one attached hydrogen (secondary N) is 2. The minimum absolute atomic E-state index is 0.163. The summed E-state index contributed by atoms with van der Waals surface area (Å²) in [7, 11) is 0. The number of hydrogen-bond donors (Lipinski definition) is 3. The lowest BCUT2D eigenvalue weighted by Crippen LogP contribution is -2.47. The minimum Gasteiger partial charge on any atom is -0.465 e. The summed E-state index contributed by atoms with van der Waals surface area (Å²) in [6.07, 6.45) is 2.73. The van der Waals surface area contributed by atoms with Gasteiger partial charge in [0.1, 0.15) is 5.60 Å². The second kappa shape index (κ2) is 12.7. The van der Waals surface area contributed by atoms with Gasteiger partial charge in [-0.1, -0.05) is 36.4 Å². The maximum absolute atomic E-state index is 11.8. The van der Waals surface area contributed by atoms with Gasteiger partial charge in [-0.25, -0.2) is 14.8 Å². The predicted molar refractivity (Wildman–Crippen MR) is 150 cm³/mol. The maximum atomic E-state index is 11.8. The van der Waals surface area contributed by atoms with E-state index in [1.54, 1.807) is 12.4 Å². The first-order chi connectivity index (χ1) is 18.6. The van der Waals surface area contributed by atoms with Gasteiger partial charge in [0.05, 0.1) is 6.54 Å². The molecule has 4 rings (SSSR count). The fraction of sp³-hybridized carbons (Fsp3) is 0.379. The molecule has 1 fully saturated rings. The third-order valence-electron chi connectivity index (χ3n) is 6.22. The van der Waals surface area contributed by atoms with Crippen LogP contribution in [0.4, 0.5) is 16.4 Å². The molecule has 0 radical (unpaired) electrons. The average Bonchev–Trinajstić information content (AvgIpc) is 2.90. The van der Waals surface area contributed by atoms with Crippen molar-refractivity contribution < 1.29 is 19.4 Å². The summed E-state index contributed by atoms with van der Waals surface area (Å²) in [6.45, 7) is 9.63. The molecule has 10 nitrogen and oxygen atoms in total. The van der Waals surface area contributed by atoms with E-state index in [9.17, 15) is 9.59 Å². The van der Waals surface area contributed by atoms with Crippen LogP contribution in [0.25, 0.3) is 11.1 Å². The summed E-state index contributed by atoms with van der Waals surface area (Å²) < 4.78 is 5.30. The summed E-state index contributed by atoms with van der Waals surface area (Å²) >= 11 is 0. The Morgan fingerprint density at radius 2 is 1.51 bits per heavy atom. The van der Waals surface area contributed by atoms with E-state index in [0.717, 1.165) is 42.0 Å². The summed E-state index contributed by atoms with van der Waals surface area (Å²) in [5, 5.41) is 15.4. The molecule has 3 aromatic rings. The van der Waals surface area contributed by atoms with Crippen molar-refractivity contribution in [1.29, 1.82) is 0 Å². The number of nitrogens with zero attached hydrogens (tertiary/aromatic N) is 4. The van der Waals surface area contributed by atoms with E-state index in [1.165, 1.54) is 10.5 Å². The molecule has 0 bridgehead atoms. The van der Waals surface area contributed by atoms with Gasteiger partial charge in [-0.3, -0.25) is 9.69 Å². The quantitative estimate of drug-likeness (QED) is 0.350. The lowest BCUT2D eigenvalue weighted by Gasteiger charge is -2.33. The molecule has 0 spiro atoms. The number of benzene rings is 2. The van der Waals surface area contributed by atoms with E-state index in [-0.39, 0.29) is 12.5 Å². The molecule has 1 aromatic heterocycles. The standard InChI is InChI=1S/C29H36N6O4/c1-29(2,3)39-26(36)19-30-16-21-4-8-23(9-5-21)24-17-31-27(32-18-24)33-25-10-6-22(7-11-25)20-34-12-14-35(15-13-34)28(37)38/h4-11,17-18,30H,12-16,19-20H2,1-3H3,(H,37,38)(H,31,32,33). The van der Waals surface area contributed by atoms with Gasteiger partial charge in [-0.2, -0.15) is 0 Å². The van der Waals surface area contributed by atoms with Gasteiger partial charge in [-0.05, 0) is 49.6 Å². The molecular weight excluding hydrogens is 496 g/mol. The summed E-state index contributed by atoms with van der Waals surface area (Å²) in [6, 6.07) is 16.2. The van der Waals surface area contributed by atoms with Crippen molar-refractivity contribution in [2.45, 2.75) is 39.5 Å². The predicted octanol–water partition coefficient (Wildman–Crippen LogP) is 4.11. The van der Waals surface area contributed by atoms with Crippen molar-refractivity contribution in [2.75, 3.05) is 38.0 Å². The van der Waals surface area contributed by atoms with Crippen LogP contribution < -0.4 is 10.6 Å². The second-order valence-corrected chi connectivity index (χ2v) is 10.5. The van der Waals surface area contributed by atoms with E-state index in [4.69, 9.17) is 9.84 Å². The fourth-order valence-corrected chi connectivity index (χ4v) is 4.22. The minimum atomic E-state index is -0.848. The Labute approximate surface area is 229 Å². The average molecular weight is 533 g/mol. The molecule has 1 aliphatic rings. The number of hydrogen-bond acceptors (Lipinski definition) is 8. The lowest BCUT2D eigenvalue weighted by molar-refractivity contribution is -0.153. The van der Waals surface area contributed by atoms with E-state index >= 15 is 0 Å². The number of rotatable bonds is 9. The number of aromatic nitrogens is 2. The van der Waals surface area contributed by atoms with E-state index < -0.39 is 11.7 Å². The highest BCUT2D eigenvalue weighted by atomic mass is 16.6.